The van der Waals surface area contributed by atoms with Gasteiger partial charge in [0, 0.05) is 23.6 Å². The van der Waals surface area contributed by atoms with E-state index in [0.29, 0.717) is 11.6 Å². The molecule has 0 fully saturated rings. The highest BCUT2D eigenvalue weighted by molar-refractivity contribution is 6.07. The van der Waals surface area contributed by atoms with Gasteiger partial charge in [0.15, 0.2) is 5.76 Å². The van der Waals surface area contributed by atoms with E-state index in [-0.39, 0.29) is 5.91 Å². The van der Waals surface area contributed by atoms with Crippen LogP contribution in [0.1, 0.15) is 38.5 Å². The minimum atomic E-state index is -0.247. The van der Waals surface area contributed by atoms with Crippen LogP contribution >= 0.6 is 0 Å². The van der Waals surface area contributed by atoms with E-state index in [4.69, 9.17) is 4.42 Å². The average molecular weight is 311 g/mol. The van der Waals surface area contributed by atoms with Crippen LogP contribution in [0.3, 0.4) is 0 Å². The Balaban J connectivity index is 2.07. The molecule has 0 aliphatic carbocycles. The fraction of sp³-hybridized carbons (Fsp3) is 0.333. The van der Waals surface area contributed by atoms with Crippen molar-refractivity contribution in [1.82, 2.24) is 9.78 Å². The van der Waals surface area contributed by atoms with Crippen LogP contribution in [0, 0.1) is 34.6 Å². The summed E-state index contributed by atoms with van der Waals surface area (Å²) in [6.07, 6.45) is 0. The van der Waals surface area contributed by atoms with Crippen molar-refractivity contribution in [2.75, 3.05) is 5.32 Å². The molecule has 0 bridgehead atoms. The molecule has 0 saturated heterocycles. The lowest BCUT2D eigenvalue weighted by atomic mass is 10.0. The molecule has 23 heavy (non-hydrogen) atoms. The van der Waals surface area contributed by atoms with Crippen molar-refractivity contribution in [1.29, 1.82) is 0 Å². The van der Waals surface area contributed by atoms with E-state index >= 15 is 0 Å². The maximum atomic E-state index is 12.7. The van der Waals surface area contributed by atoms with Crippen LogP contribution in [0.5, 0.6) is 0 Å². The molecular formula is C18H21N3O2. The standard InChI is InChI=1S/C18H21N3O2/c1-9-7-8-10(2)15-14(9)12(4)16(23-15)18(22)19-17-11(3)13(5)20-21(17)6/h7-8H,1-6H3,(H,19,22). The van der Waals surface area contributed by atoms with Crippen molar-refractivity contribution in [3.05, 3.63) is 45.8 Å². The molecule has 1 amide bonds. The first-order valence-electron chi connectivity index (χ1n) is 7.62. The molecule has 0 unspecified atom stereocenters. The Labute approximate surface area is 135 Å². The van der Waals surface area contributed by atoms with Crippen LogP contribution in [-0.2, 0) is 7.05 Å². The first-order chi connectivity index (χ1) is 10.8. The van der Waals surface area contributed by atoms with Crippen molar-refractivity contribution >= 4 is 22.7 Å². The number of hydrogen-bond acceptors (Lipinski definition) is 3. The molecule has 120 valence electrons. The molecule has 0 spiro atoms. The van der Waals surface area contributed by atoms with Crippen LogP contribution in [0.15, 0.2) is 16.5 Å². The van der Waals surface area contributed by atoms with Crippen molar-refractivity contribution in [3.8, 4) is 0 Å². The monoisotopic (exact) mass is 311 g/mol. The third kappa shape index (κ3) is 2.32. The topological polar surface area (TPSA) is 60.1 Å². The van der Waals surface area contributed by atoms with Crippen LogP contribution in [-0.4, -0.2) is 15.7 Å². The average Bonchev–Trinajstić information content (AvgIpc) is 2.96. The first kappa shape index (κ1) is 15.3. The number of aromatic nitrogens is 2. The summed E-state index contributed by atoms with van der Waals surface area (Å²) in [5.74, 6) is 0.806. The zero-order valence-corrected chi connectivity index (χ0v) is 14.4. The molecule has 1 N–H and O–H groups in total. The van der Waals surface area contributed by atoms with Gasteiger partial charge in [-0.25, -0.2) is 0 Å². The summed E-state index contributed by atoms with van der Waals surface area (Å²) >= 11 is 0. The number of aryl methyl sites for hydroxylation is 5. The van der Waals surface area contributed by atoms with Gasteiger partial charge in [0.1, 0.15) is 11.4 Å². The van der Waals surface area contributed by atoms with Gasteiger partial charge in [-0.15, -0.1) is 0 Å². The largest absolute Gasteiger partial charge is 0.450 e. The number of hydrogen-bond donors (Lipinski definition) is 1. The molecular weight excluding hydrogens is 290 g/mol. The van der Waals surface area contributed by atoms with Crippen LogP contribution < -0.4 is 5.32 Å². The molecule has 3 rings (SSSR count). The maximum absolute atomic E-state index is 12.7. The number of nitrogens with one attached hydrogen (secondary N) is 1. The number of anilines is 1. The third-order valence-corrected chi connectivity index (χ3v) is 4.44. The summed E-state index contributed by atoms with van der Waals surface area (Å²) in [5, 5.41) is 8.27. The van der Waals surface area contributed by atoms with E-state index in [1.54, 1.807) is 4.68 Å². The highest BCUT2D eigenvalue weighted by atomic mass is 16.3. The van der Waals surface area contributed by atoms with Gasteiger partial charge in [0.05, 0.1) is 5.69 Å². The molecule has 0 saturated carbocycles. The van der Waals surface area contributed by atoms with Crippen molar-refractivity contribution in [2.24, 2.45) is 7.05 Å². The molecule has 2 heterocycles. The van der Waals surface area contributed by atoms with E-state index < -0.39 is 0 Å². The van der Waals surface area contributed by atoms with Gasteiger partial charge in [0.25, 0.3) is 5.91 Å². The molecule has 0 radical (unpaired) electrons. The SMILES string of the molecule is Cc1nn(C)c(NC(=O)c2oc3c(C)ccc(C)c3c2C)c1C. The lowest BCUT2D eigenvalue weighted by Crippen LogP contribution is -2.15. The second kappa shape index (κ2) is 5.26. The quantitative estimate of drug-likeness (QED) is 0.779. The lowest BCUT2D eigenvalue weighted by molar-refractivity contribution is 0.0997. The summed E-state index contributed by atoms with van der Waals surface area (Å²) in [7, 11) is 1.81. The summed E-state index contributed by atoms with van der Waals surface area (Å²) in [5.41, 5.74) is 5.65. The van der Waals surface area contributed by atoms with Gasteiger partial charge < -0.3 is 9.73 Å². The molecule has 1 aromatic carbocycles. The molecule has 0 atom stereocenters. The van der Waals surface area contributed by atoms with E-state index in [0.717, 1.165) is 38.9 Å². The van der Waals surface area contributed by atoms with E-state index in [1.807, 2.05) is 47.7 Å². The van der Waals surface area contributed by atoms with Crippen LogP contribution in [0.25, 0.3) is 11.0 Å². The highest BCUT2D eigenvalue weighted by Crippen LogP contribution is 2.31. The molecule has 2 aromatic heterocycles. The van der Waals surface area contributed by atoms with Crippen LogP contribution in [0.2, 0.25) is 0 Å². The zero-order chi connectivity index (χ0) is 16.9. The number of nitrogens with zero attached hydrogens (tertiary/aromatic N) is 2. The van der Waals surface area contributed by atoms with Crippen LogP contribution in [0.4, 0.5) is 5.82 Å². The number of carbonyl (C=O) groups is 1. The van der Waals surface area contributed by atoms with E-state index in [1.165, 1.54) is 0 Å². The Morgan fingerprint density at radius 1 is 1.09 bits per heavy atom. The van der Waals surface area contributed by atoms with Gasteiger partial charge in [-0.1, -0.05) is 12.1 Å². The lowest BCUT2D eigenvalue weighted by Gasteiger charge is -2.05. The Morgan fingerprint density at radius 3 is 2.30 bits per heavy atom. The minimum absolute atomic E-state index is 0.247. The van der Waals surface area contributed by atoms with Crippen molar-refractivity contribution in [2.45, 2.75) is 34.6 Å². The van der Waals surface area contributed by atoms with Gasteiger partial charge >= 0.3 is 0 Å². The first-order valence-corrected chi connectivity index (χ1v) is 7.62. The Kier molecular flexibility index (Phi) is 3.51. The summed E-state index contributed by atoms with van der Waals surface area (Å²) in [6, 6.07) is 4.06. The van der Waals surface area contributed by atoms with E-state index in [9.17, 15) is 4.79 Å². The van der Waals surface area contributed by atoms with Crippen molar-refractivity contribution in [3.63, 3.8) is 0 Å². The number of amides is 1. The normalized spacial score (nSPS) is 11.2. The fourth-order valence-electron chi connectivity index (χ4n) is 2.99. The molecule has 0 aliphatic heterocycles. The number of fused-ring (bicyclic) bond motifs is 1. The summed E-state index contributed by atoms with van der Waals surface area (Å²) in [4.78, 5) is 12.7. The Hall–Kier alpha value is -2.56. The number of benzene rings is 1. The molecule has 0 aliphatic rings. The molecule has 5 nitrogen and oxygen atoms in total. The maximum Gasteiger partial charge on any atom is 0.292 e. The zero-order valence-electron chi connectivity index (χ0n) is 14.4. The molecule has 5 heteroatoms. The van der Waals surface area contributed by atoms with Gasteiger partial charge in [-0.3, -0.25) is 9.48 Å². The predicted octanol–water partition coefficient (Wildman–Crippen LogP) is 3.96. The third-order valence-electron chi connectivity index (χ3n) is 4.44. The number of carbonyl (C=O) groups excluding carboxylic acids is 1. The van der Waals surface area contributed by atoms with Gasteiger partial charge in [-0.05, 0) is 45.7 Å². The summed E-state index contributed by atoms with van der Waals surface area (Å²) in [6.45, 7) is 9.80. The molecule has 3 aromatic rings. The number of furan rings is 1. The fourth-order valence-corrected chi connectivity index (χ4v) is 2.99. The summed E-state index contributed by atoms with van der Waals surface area (Å²) < 4.78 is 7.57. The second-order valence-electron chi connectivity index (χ2n) is 6.10. The minimum Gasteiger partial charge on any atom is -0.450 e. The predicted molar refractivity (Wildman–Crippen MR) is 91.1 cm³/mol. The smallest absolute Gasteiger partial charge is 0.292 e. The van der Waals surface area contributed by atoms with Gasteiger partial charge in [0.2, 0.25) is 0 Å². The van der Waals surface area contributed by atoms with Crippen molar-refractivity contribution < 1.29 is 9.21 Å². The Bertz CT molecular complexity index is 932. The number of rotatable bonds is 2. The highest BCUT2D eigenvalue weighted by Gasteiger charge is 2.22. The van der Waals surface area contributed by atoms with Gasteiger partial charge in [-0.2, -0.15) is 5.10 Å². The Morgan fingerprint density at radius 2 is 1.74 bits per heavy atom. The second-order valence-corrected chi connectivity index (χ2v) is 6.10. The van der Waals surface area contributed by atoms with E-state index in [2.05, 4.69) is 16.5 Å².